The zero-order valence-electron chi connectivity index (χ0n) is 23.3. The molecule has 1 aromatic rings. The first-order valence-electron chi connectivity index (χ1n) is 11.9. The molecule has 0 spiro atoms. The molecule has 104 valence electrons. The Kier molecular flexibility index (Phi) is 1.25. The summed E-state index contributed by atoms with van der Waals surface area (Å²) in [7, 11) is -1.31. The molecule has 0 aliphatic carbocycles. The topological polar surface area (TPSA) is 31.4 Å². The molecule has 1 aliphatic rings. The summed E-state index contributed by atoms with van der Waals surface area (Å²) in [5, 5.41) is 0. The van der Waals surface area contributed by atoms with Gasteiger partial charge in [-0.15, -0.1) is 0 Å². The molecular weight excluding hydrogens is 237 g/mol. The van der Waals surface area contributed by atoms with Crippen LogP contribution in [0.15, 0.2) is 18.3 Å². The molecule has 0 saturated carbocycles. The first-order valence-corrected chi connectivity index (χ1v) is 5.87. The highest BCUT2D eigenvalue weighted by Gasteiger charge is 2.51. The molecule has 0 atom stereocenters. The zero-order valence-corrected chi connectivity index (χ0v) is 11.3. The van der Waals surface area contributed by atoms with Gasteiger partial charge in [0.1, 0.15) is 0 Å². The number of hydrogen-bond donors (Lipinski definition) is 0. The van der Waals surface area contributed by atoms with Gasteiger partial charge in [-0.2, -0.15) is 0 Å². The van der Waals surface area contributed by atoms with E-state index in [1.54, 1.807) is 27.7 Å². The molecule has 0 aromatic carbocycles. The number of rotatable bonds is 1. The molecule has 0 amide bonds. The Morgan fingerprint density at radius 3 is 2.26 bits per heavy atom. The molecule has 19 heavy (non-hydrogen) atoms. The predicted molar refractivity (Wildman–Crippen MR) is 78.7 cm³/mol. The monoisotopic (exact) mass is 273 g/mol. The van der Waals surface area contributed by atoms with Crippen LogP contribution in [0.4, 0.5) is 0 Å². The summed E-state index contributed by atoms with van der Waals surface area (Å²) in [6.45, 7) is -4.11. The van der Waals surface area contributed by atoms with E-state index < -0.39 is 68.2 Å². The molecule has 1 fully saturated rings. The number of nitrogens with zero attached hydrogens (tertiary/aromatic N) is 1. The summed E-state index contributed by atoms with van der Waals surface area (Å²) < 4.78 is 106. The lowest BCUT2D eigenvalue weighted by molar-refractivity contribution is 0.00578. The van der Waals surface area contributed by atoms with Gasteiger partial charge in [0.25, 0.3) is 0 Å². The Morgan fingerprint density at radius 1 is 1.16 bits per heavy atom. The Balaban J connectivity index is 2.86. The second kappa shape index (κ2) is 4.32. The van der Waals surface area contributed by atoms with Gasteiger partial charge in [-0.3, -0.25) is 4.98 Å². The molecule has 1 saturated heterocycles. The van der Waals surface area contributed by atoms with E-state index in [-0.39, 0.29) is 5.46 Å². The SMILES string of the molecule is [2H]c1nc(C(C([2H])([2H])[2H])(C([2H])([2H])[2H])C([2H])([2H])[2H])c([2H])c([2H])c1B1OC(C)(C)C(C)(C)O1. The van der Waals surface area contributed by atoms with Crippen LogP contribution in [0.3, 0.4) is 0 Å². The van der Waals surface area contributed by atoms with Gasteiger partial charge in [0.05, 0.1) is 15.3 Å². The maximum atomic E-state index is 8.34. The van der Waals surface area contributed by atoms with Gasteiger partial charge in [0.15, 0.2) is 0 Å². The molecule has 1 aliphatic heterocycles. The Hall–Kier alpha value is -0.865. The predicted octanol–water partition coefficient (Wildman–Crippen LogP) is 2.68. The van der Waals surface area contributed by atoms with E-state index in [4.69, 9.17) is 25.8 Å². The number of pyridine rings is 1. The molecule has 4 heteroatoms. The summed E-state index contributed by atoms with van der Waals surface area (Å²) in [4.78, 5) is 3.66. The molecule has 2 heterocycles. The molecule has 1 aromatic heterocycles. The van der Waals surface area contributed by atoms with Gasteiger partial charge in [-0.05, 0) is 33.7 Å². The third-order valence-corrected chi connectivity index (χ3v) is 3.45. The van der Waals surface area contributed by atoms with Crippen LogP contribution < -0.4 is 5.46 Å². The van der Waals surface area contributed by atoms with E-state index in [9.17, 15) is 0 Å². The van der Waals surface area contributed by atoms with Crippen molar-refractivity contribution in [2.45, 2.75) is 64.9 Å². The van der Waals surface area contributed by atoms with Crippen molar-refractivity contribution in [3.63, 3.8) is 0 Å². The Morgan fingerprint density at radius 2 is 1.74 bits per heavy atom. The lowest BCUT2D eigenvalue weighted by Crippen LogP contribution is -2.41. The molecule has 3 nitrogen and oxygen atoms in total. The van der Waals surface area contributed by atoms with E-state index in [1.807, 2.05) is 0 Å². The first-order chi connectivity index (χ1) is 13.5. The van der Waals surface area contributed by atoms with Crippen molar-refractivity contribution in [1.82, 2.24) is 4.98 Å². The number of hydrogen-bond acceptors (Lipinski definition) is 3. The minimum Gasteiger partial charge on any atom is -0.399 e. The quantitative estimate of drug-likeness (QED) is 0.737. The smallest absolute Gasteiger partial charge is 0.399 e. The van der Waals surface area contributed by atoms with Crippen LogP contribution in [0.2, 0.25) is 0 Å². The third kappa shape index (κ3) is 2.70. The second-order valence-electron chi connectivity index (χ2n) is 5.57. The molecule has 0 radical (unpaired) electrons. The van der Waals surface area contributed by atoms with E-state index >= 15 is 0 Å². The van der Waals surface area contributed by atoms with E-state index in [0.717, 1.165) is 0 Å². The minimum absolute atomic E-state index is 0.317. The summed E-state index contributed by atoms with van der Waals surface area (Å²) in [6.07, 6.45) is -0.795. The average molecular weight is 273 g/mol. The van der Waals surface area contributed by atoms with Gasteiger partial charge in [-0.1, -0.05) is 26.6 Å². The molecule has 2 rings (SSSR count). The maximum absolute atomic E-state index is 8.34. The van der Waals surface area contributed by atoms with Crippen LogP contribution in [0, 0.1) is 0 Å². The van der Waals surface area contributed by atoms with E-state index in [0.29, 0.717) is 0 Å². The van der Waals surface area contributed by atoms with E-state index in [1.165, 1.54) is 0 Å². The van der Waals surface area contributed by atoms with Crippen molar-refractivity contribution < 1.29 is 25.8 Å². The maximum Gasteiger partial charge on any atom is 0.496 e. The standard InChI is InChI=1S/C15H24BNO2/c1-13(2,3)12-9-8-11(10-17-12)16-18-14(4,5)15(6,7)19-16/h8-10H,1-7H3/i1D3,2D3,3D3,8D,9D,10D. The van der Waals surface area contributed by atoms with Crippen molar-refractivity contribution in [3.05, 3.63) is 24.0 Å². The third-order valence-electron chi connectivity index (χ3n) is 3.45. The van der Waals surface area contributed by atoms with Crippen LogP contribution in [-0.4, -0.2) is 23.3 Å². The van der Waals surface area contributed by atoms with Crippen molar-refractivity contribution in [1.29, 1.82) is 0 Å². The average Bonchev–Trinajstić information content (AvgIpc) is 2.68. The summed E-state index contributed by atoms with van der Waals surface area (Å²) in [5.41, 5.74) is -6.80. The molecule has 0 unspecified atom stereocenters. The summed E-state index contributed by atoms with van der Waals surface area (Å²) in [5.74, 6) is 0. The van der Waals surface area contributed by atoms with E-state index in [2.05, 4.69) is 4.98 Å². The molecule has 0 N–H and O–H groups in total. The zero-order chi connectivity index (χ0) is 24.6. The summed E-state index contributed by atoms with van der Waals surface area (Å²) >= 11 is 0. The van der Waals surface area contributed by atoms with Gasteiger partial charge in [-0.25, -0.2) is 0 Å². The summed E-state index contributed by atoms with van der Waals surface area (Å²) in [6, 6.07) is -1.81. The second-order valence-corrected chi connectivity index (χ2v) is 5.57. The fourth-order valence-corrected chi connectivity index (χ4v) is 1.55. The van der Waals surface area contributed by atoms with Gasteiger partial charge < -0.3 is 9.31 Å². The fraction of sp³-hybridized carbons (Fsp3) is 0.667. The molecule has 0 bridgehead atoms. The Bertz CT molecular complexity index is 823. The van der Waals surface area contributed by atoms with Crippen LogP contribution in [0.5, 0.6) is 0 Å². The van der Waals surface area contributed by atoms with Gasteiger partial charge >= 0.3 is 7.12 Å². The van der Waals surface area contributed by atoms with Crippen molar-refractivity contribution in [2.24, 2.45) is 0 Å². The van der Waals surface area contributed by atoms with Crippen LogP contribution in [0.25, 0.3) is 0 Å². The minimum atomic E-state index is -3.66. The lowest BCUT2D eigenvalue weighted by Gasteiger charge is -2.32. The Labute approximate surface area is 133 Å². The van der Waals surface area contributed by atoms with Gasteiger partial charge in [0.2, 0.25) is 0 Å². The highest BCUT2D eigenvalue weighted by molar-refractivity contribution is 6.62. The van der Waals surface area contributed by atoms with Crippen molar-refractivity contribution in [2.75, 3.05) is 0 Å². The van der Waals surface area contributed by atoms with Crippen LogP contribution >= 0.6 is 0 Å². The highest BCUT2D eigenvalue weighted by atomic mass is 16.7. The molecular formula is C15H24BNO2. The normalized spacial score (nSPS) is 32.9. The van der Waals surface area contributed by atoms with Crippen molar-refractivity contribution >= 4 is 12.6 Å². The van der Waals surface area contributed by atoms with Crippen LogP contribution in [-0.2, 0) is 14.7 Å². The number of aromatic nitrogens is 1. The van der Waals surface area contributed by atoms with Crippen molar-refractivity contribution in [3.8, 4) is 0 Å². The van der Waals surface area contributed by atoms with Crippen LogP contribution in [0.1, 0.15) is 70.4 Å². The largest absolute Gasteiger partial charge is 0.496 e. The first kappa shape index (κ1) is 5.49. The lowest BCUT2D eigenvalue weighted by atomic mass is 9.79. The highest BCUT2D eigenvalue weighted by Crippen LogP contribution is 2.36. The van der Waals surface area contributed by atoms with Gasteiger partial charge in [0, 0.05) is 35.1 Å². The fourth-order valence-electron chi connectivity index (χ4n) is 1.55.